The molecular formula is C21H33N3O. The summed E-state index contributed by atoms with van der Waals surface area (Å²) in [5.41, 5.74) is 1.52. The van der Waals surface area contributed by atoms with E-state index < -0.39 is 0 Å². The van der Waals surface area contributed by atoms with Gasteiger partial charge >= 0.3 is 6.03 Å². The number of benzene rings is 1. The standard InChI is InChI=1S/C21H33N3O/c1-18-9-15-24(16-10-18)14-6-13-22-20(25)23-17-21(11-5-12-21)19-7-3-2-4-8-19/h2-4,7-8,18H,5-6,9-17H2,1H3,(H2,22,23,25). The van der Waals surface area contributed by atoms with Gasteiger partial charge in [-0.15, -0.1) is 0 Å². The van der Waals surface area contributed by atoms with Crippen LogP contribution in [0.2, 0.25) is 0 Å². The van der Waals surface area contributed by atoms with Crippen LogP contribution in [0, 0.1) is 5.92 Å². The van der Waals surface area contributed by atoms with Crippen molar-refractivity contribution in [1.29, 1.82) is 0 Å². The number of hydrogen-bond donors (Lipinski definition) is 2. The lowest BCUT2D eigenvalue weighted by molar-refractivity contribution is 0.189. The first kappa shape index (κ1) is 18.2. The SMILES string of the molecule is CC1CCN(CCCNC(=O)NCC2(c3ccccc3)CCC2)CC1. The van der Waals surface area contributed by atoms with Crippen molar-refractivity contribution in [1.82, 2.24) is 15.5 Å². The molecule has 3 rings (SSSR count). The minimum atomic E-state index is -0.0190. The van der Waals surface area contributed by atoms with Gasteiger partial charge in [-0.05, 0) is 63.2 Å². The zero-order valence-corrected chi connectivity index (χ0v) is 15.6. The van der Waals surface area contributed by atoms with Crippen LogP contribution >= 0.6 is 0 Å². The third-order valence-corrected chi connectivity index (χ3v) is 6.10. The Bertz CT molecular complexity index is 533. The molecule has 1 heterocycles. The van der Waals surface area contributed by atoms with Crippen LogP contribution in [-0.2, 0) is 5.41 Å². The molecule has 2 aliphatic rings. The Balaban J connectivity index is 1.33. The summed E-state index contributed by atoms with van der Waals surface area (Å²) in [6, 6.07) is 10.6. The summed E-state index contributed by atoms with van der Waals surface area (Å²) in [4.78, 5) is 14.6. The van der Waals surface area contributed by atoms with E-state index in [1.807, 2.05) is 0 Å². The molecule has 0 unspecified atom stereocenters. The quantitative estimate of drug-likeness (QED) is 0.744. The molecule has 0 atom stereocenters. The number of likely N-dealkylation sites (tertiary alicyclic amines) is 1. The van der Waals surface area contributed by atoms with Crippen molar-refractivity contribution in [3.63, 3.8) is 0 Å². The van der Waals surface area contributed by atoms with Gasteiger partial charge in [0.15, 0.2) is 0 Å². The van der Waals surface area contributed by atoms with Crippen LogP contribution in [-0.4, -0.2) is 43.7 Å². The van der Waals surface area contributed by atoms with Gasteiger partial charge in [0.05, 0.1) is 0 Å². The van der Waals surface area contributed by atoms with E-state index in [9.17, 15) is 4.79 Å². The first-order valence-electron chi connectivity index (χ1n) is 9.98. The molecule has 1 aromatic carbocycles. The average Bonchev–Trinajstić information content (AvgIpc) is 2.60. The molecule has 2 fully saturated rings. The van der Waals surface area contributed by atoms with Crippen molar-refractivity contribution in [2.24, 2.45) is 5.92 Å². The Morgan fingerprint density at radius 2 is 1.88 bits per heavy atom. The largest absolute Gasteiger partial charge is 0.338 e. The molecule has 1 saturated heterocycles. The fourth-order valence-corrected chi connectivity index (χ4v) is 4.06. The molecule has 1 saturated carbocycles. The van der Waals surface area contributed by atoms with E-state index in [1.165, 1.54) is 50.8 Å². The summed E-state index contributed by atoms with van der Waals surface area (Å²) < 4.78 is 0. The molecule has 1 aliphatic carbocycles. The summed E-state index contributed by atoms with van der Waals surface area (Å²) in [6.45, 7) is 7.37. The number of carbonyl (C=O) groups excluding carboxylic acids is 1. The Kier molecular flexibility index (Phi) is 6.35. The number of piperidine rings is 1. The summed E-state index contributed by atoms with van der Waals surface area (Å²) in [7, 11) is 0. The topological polar surface area (TPSA) is 44.4 Å². The van der Waals surface area contributed by atoms with Crippen LogP contribution in [0.15, 0.2) is 30.3 Å². The van der Waals surface area contributed by atoms with Crippen LogP contribution in [0.1, 0.15) is 51.0 Å². The molecule has 4 nitrogen and oxygen atoms in total. The fourth-order valence-electron chi connectivity index (χ4n) is 4.06. The van der Waals surface area contributed by atoms with Gasteiger partial charge in [0.25, 0.3) is 0 Å². The van der Waals surface area contributed by atoms with Crippen LogP contribution < -0.4 is 10.6 Å². The van der Waals surface area contributed by atoms with Crippen molar-refractivity contribution in [2.45, 2.75) is 50.9 Å². The number of hydrogen-bond acceptors (Lipinski definition) is 2. The third-order valence-electron chi connectivity index (χ3n) is 6.10. The van der Waals surface area contributed by atoms with Crippen LogP contribution in [0.4, 0.5) is 4.79 Å². The number of nitrogens with one attached hydrogen (secondary N) is 2. The molecule has 2 N–H and O–H groups in total. The second kappa shape index (κ2) is 8.70. The predicted molar refractivity (Wildman–Crippen MR) is 103 cm³/mol. The van der Waals surface area contributed by atoms with Crippen LogP contribution in [0.25, 0.3) is 0 Å². The first-order chi connectivity index (χ1) is 12.2. The smallest absolute Gasteiger partial charge is 0.314 e. The molecule has 4 heteroatoms. The van der Waals surface area contributed by atoms with E-state index in [0.29, 0.717) is 0 Å². The van der Waals surface area contributed by atoms with Gasteiger partial charge < -0.3 is 15.5 Å². The normalized spacial score (nSPS) is 20.7. The van der Waals surface area contributed by atoms with Gasteiger partial charge in [-0.3, -0.25) is 0 Å². The minimum Gasteiger partial charge on any atom is -0.338 e. The number of urea groups is 1. The second-order valence-corrected chi connectivity index (χ2v) is 7.99. The zero-order valence-electron chi connectivity index (χ0n) is 15.6. The van der Waals surface area contributed by atoms with Crippen LogP contribution in [0.3, 0.4) is 0 Å². The van der Waals surface area contributed by atoms with E-state index in [-0.39, 0.29) is 11.4 Å². The van der Waals surface area contributed by atoms with E-state index >= 15 is 0 Å². The lowest BCUT2D eigenvalue weighted by atomic mass is 9.64. The highest BCUT2D eigenvalue weighted by atomic mass is 16.2. The average molecular weight is 344 g/mol. The Hall–Kier alpha value is -1.55. The number of amides is 2. The molecular weight excluding hydrogens is 310 g/mol. The molecule has 25 heavy (non-hydrogen) atoms. The van der Waals surface area contributed by atoms with Crippen LogP contribution in [0.5, 0.6) is 0 Å². The maximum absolute atomic E-state index is 12.1. The lowest BCUT2D eigenvalue weighted by Crippen LogP contribution is -2.48. The van der Waals surface area contributed by atoms with Gasteiger partial charge in [0, 0.05) is 18.5 Å². The monoisotopic (exact) mass is 343 g/mol. The van der Waals surface area contributed by atoms with Gasteiger partial charge in [-0.25, -0.2) is 4.79 Å². The number of carbonyl (C=O) groups is 1. The molecule has 138 valence electrons. The Labute approximate surface area is 152 Å². The molecule has 1 aliphatic heterocycles. The lowest BCUT2D eigenvalue weighted by Gasteiger charge is -2.42. The maximum Gasteiger partial charge on any atom is 0.314 e. The van der Waals surface area contributed by atoms with Crippen molar-refractivity contribution in [2.75, 3.05) is 32.7 Å². The van der Waals surface area contributed by atoms with Crippen molar-refractivity contribution in [3.8, 4) is 0 Å². The molecule has 0 bridgehead atoms. The molecule has 0 aromatic heterocycles. The number of rotatable bonds is 7. The summed E-state index contributed by atoms with van der Waals surface area (Å²) in [5.74, 6) is 0.878. The third kappa shape index (κ3) is 4.97. The minimum absolute atomic E-state index is 0.0190. The molecule has 0 radical (unpaired) electrons. The highest BCUT2D eigenvalue weighted by Crippen LogP contribution is 2.43. The highest BCUT2D eigenvalue weighted by molar-refractivity contribution is 5.74. The Morgan fingerprint density at radius 3 is 2.52 bits per heavy atom. The van der Waals surface area contributed by atoms with Crippen molar-refractivity contribution >= 4 is 6.03 Å². The zero-order chi connectivity index (χ0) is 17.5. The first-order valence-corrected chi connectivity index (χ1v) is 9.98. The summed E-state index contributed by atoms with van der Waals surface area (Å²) in [6.07, 6.45) is 7.26. The summed E-state index contributed by atoms with van der Waals surface area (Å²) >= 11 is 0. The van der Waals surface area contributed by atoms with Crippen molar-refractivity contribution in [3.05, 3.63) is 35.9 Å². The number of nitrogens with zero attached hydrogens (tertiary/aromatic N) is 1. The van der Waals surface area contributed by atoms with Gasteiger partial charge in [0.1, 0.15) is 0 Å². The van der Waals surface area contributed by atoms with Gasteiger partial charge in [0.2, 0.25) is 0 Å². The van der Waals surface area contributed by atoms with Gasteiger partial charge in [-0.2, -0.15) is 0 Å². The fraction of sp³-hybridized carbons (Fsp3) is 0.667. The van der Waals surface area contributed by atoms with E-state index in [1.54, 1.807) is 0 Å². The predicted octanol–water partition coefficient (Wildman–Crippen LogP) is 3.53. The van der Waals surface area contributed by atoms with E-state index in [4.69, 9.17) is 0 Å². The van der Waals surface area contributed by atoms with E-state index in [0.717, 1.165) is 32.0 Å². The molecule has 0 spiro atoms. The summed E-state index contributed by atoms with van der Waals surface area (Å²) in [5, 5.41) is 6.13. The van der Waals surface area contributed by atoms with E-state index in [2.05, 4.69) is 52.8 Å². The van der Waals surface area contributed by atoms with Crippen molar-refractivity contribution < 1.29 is 4.79 Å². The van der Waals surface area contributed by atoms with Gasteiger partial charge in [-0.1, -0.05) is 43.7 Å². The Morgan fingerprint density at radius 1 is 1.16 bits per heavy atom. The molecule has 2 amide bonds. The second-order valence-electron chi connectivity index (χ2n) is 7.99. The molecule has 1 aromatic rings. The maximum atomic E-state index is 12.1. The highest BCUT2D eigenvalue weighted by Gasteiger charge is 2.38.